The molecule has 3 rings (SSSR count). The number of benzene rings is 1. The number of β-amino-alcohol motifs (C(OH)–C–C–N with tert-alkyl or cyclic N) is 1. The van der Waals surface area contributed by atoms with E-state index in [0.29, 0.717) is 19.6 Å². The molecule has 1 fully saturated rings. The normalized spacial score (nSPS) is 16.8. The number of pyridine rings is 1. The number of aromatic nitrogens is 1. The number of aliphatic hydroxyl groups is 1. The highest BCUT2D eigenvalue weighted by Gasteiger charge is 2.24. The first-order valence-electron chi connectivity index (χ1n) is 6.57. The minimum absolute atomic E-state index is 0.0750. The maximum atomic E-state index is 12.2. The van der Waals surface area contributed by atoms with Gasteiger partial charge >= 0.3 is 0 Å². The fourth-order valence-electron chi connectivity index (χ4n) is 2.71. The molecule has 1 aromatic carbocycles. The van der Waals surface area contributed by atoms with Crippen molar-refractivity contribution < 1.29 is 5.11 Å². The van der Waals surface area contributed by atoms with Gasteiger partial charge in [0.25, 0.3) is 0 Å². The number of hydrogen-bond acceptors (Lipinski definition) is 3. The predicted octanol–water partition coefficient (Wildman–Crippen LogP) is 1.32. The number of aryl methyl sites for hydroxylation is 2. The van der Waals surface area contributed by atoms with Crippen LogP contribution in [0.3, 0.4) is 0 Å². The second kappa shape index (κ2) is 4.47. The molecular formula is C15H18N2O2. The molecule has 4 heteroatoms. The zero-order chi connectivity index (χ0) is 13.6. The molecule has 100 valence electrons. The summed E-state index contributed by atoms with van der Waals surface area (Å²) in [5.74, 6) is 0. The first-order valence-corrected chi connectivity index (χ1v) is 6.57. The summed E-state index contributed by atoms with van der Waals surface area (Å²) >= 11 is 0. The zero-order valence-electron chi connectivity index (χ0n) is 11.2. The van der Waals surface area contributed by atoms with Gasteiger partial charge in [-0.05, 0) is 25.0 Å². The molecule has 0 atom stereocenters. The average Bonchev–Trinajstić information content (AvgIpc) is 2.32. The summed E-state index contributed by atoms with van der Waals surface area (Å²) in [6.45, 7) is 6.03. The van der Waals surface area contributed by atoms with Crippen molar-refractivity contribution in [1.29, 1.82) is 0 Å². The highest BCUT2D eigenvalue weighted by molar-refractivity contribution is 5.84. The van der Waals surface area contributed by atoms with Gasteiger partial charge in [-0.25, -0.2) is 0 Å². The number of fused-ring (bicyclic) bond motifs is 1. The lowest BCUT2D eigenvalue weighted by molar-refractivity contribution is -0.00350. The van der Waals surface area contributed by atoms with Crippen molar-refractivity contribution in [2.45, 2.75) is 26.5 Å². The molecule has 0 spiro atoms. The topological polar surface area (TPSA) is 56.3 Å². The van der Waals surface area contributed by atoms with Crippen LogP contribution in [0, 0.1) is 13.8 Å². The van der Waals surface area contributed by atoms with Crippen molar-refractivity contribution in [3.8, 4) is 0 Å². The molecule has 4 nitrogen and oxygen atoms in total. The number of H-pyrrole nitrogens is 1. The number of aromatic amines is 1. The molecule has 2 N–H and O–H groups in total. The lowest BCUT2D eigenvalue weighted by atomic mass is 10.0. The van der Waals surface area contributed by atoms with Crippen LogP contribution < -0.4 is 5.43 Å². The lowest BCUT2D eigenvalue weighted by Crippen LogP contribution is -2.50. The van der Waals surface area contributed by atoms with E-state index in [1.165, 1.54) is 0 Å². The number of hydrogen-bond donors (Lipinski definition) is 2. The van der Waals surface area contributed by atoms with Crippen LogP contribution >= 0.6 is 0 Å². The van der Waals surface area contributed by atoms with E-state index in [1.54, 1.807) is 6.07 Å². The Morgan fingerprint density at radius 2 is 2.00 bits per heavy atom. The second-order valence-corrected chi connectivity index (χ2v) is 5.46. The Kier molecular flexibility index (Phi) is 2.92. The molecule has 0 unspecified atom stereocenters. The Labute approximate surface area is 111 Å². The van der Waals surface area contributed by atoms with Gasteiger partial charge in [0, 0.05) is 36.8 Å². The van der Waals surface area contributed by atoms with Crippen molar-refractivity contribution in [2.75, 3.05) is 13.1 Å². The van der Waals surface area contributed by atoms with Gasteiger partial charge in [-0.15, -0.1) is 0 Å². The summed E-state index contributed by atoms with van der Waals surface area (Å²) in [4.78, 5) is 17.7. The molecule has 0 aliphatic carbocycles. The van der Waals surface area contributed by atoms with Crippen LogP contribution in [0.1, 0.15) is 16.8 Å². The van der Waals surface area contributed by atoms with Crippen molar-refractivity contribution in [3.63, 3.8) is 0 Å². The minimum atomic E-state index is -0.212. The Hall–Kier alpha value is -1.65. The SMILES string of the molecule is Cc1ccc(C)c2c(=O)cc(CN3CC(O)C3)[nH]c12. The molecule has 1 saturated heterocycles. The highest BCUT2D eigenvalue weighted by Crippen LogP contribution is 2.19. The maximum absolute atomic E-state index is 12.2. The number of nitrogens with one attached hydrogen (secondary N) is 1. The van der Waals surface area contributed by atoms with Gasteiger partial charge < -0.3 is 10.1 Å². The van der Waals surface area contributed by atoms with Crippen LogP contribution in [0.15, 0.2) is 23.0 Å². The second-order valence-electron chi connectivity index (χ2n) is 5.46. The predicted molar refractivity (Wildman–Crippen MR) is 75.3 cm³/mol. The molecule has 2 aromatic rings. The van der Waals surface area contributed by atoms with E-state index in [-0.39, 0.29) is 11.5 Å². The molecule has 1 aromatic heterocycles. The summed E-state index contributed by atoms with van der Waals surface area (Å²) in [5.41, 5.74) is 4.02. The quantitative estimate of drug-likeness (QED) is 0.854. The van der Waals surface area contributed by atoms with E-state index in [2.05, 4.69) is 9.88 Å². The van der Waals surface area contributed by atoms with Gasteiger partial charge in [0.15, 0.2) is 5.43 Å². The fourth-order valence-corrected chi connectivity index (χ4v) is 2.71. The molecule has 0 radical (unpaired) electrons. The van der Waals surface area contributed by atoms with Crippen LogP contribution in [0.25, 0.3) is 10.9 Å². The lowest BCUT2D eigenvalue weighted by Gasteiger charge is -2.35. The van der Waals surface area contributed by atoms with Gasteiger partial charge in [0.2, 0.25) is 0 Å². The van der Waals surface area contributed by atoms with Crippen LogP contribution in [0.5, 0.6) is 0 Å². The standard InChI is InChI=1S/C15H18N2O2/c1-9-3-4-10(2)15-14(9)13(19)5-11(16-15)6-17-7-12(18)8-17/h3-5,12,18H,6-8H2,1-2H3,(H,16,19). The third kappa shape index (κ3) is 2.17. The summed E-state index contributed by atoms with van der Waals surface area (Å²) < 4.78 is 0. The van der Waals surface area contributed by atoms with Crippen molar-refractivity contribution in [1.82, 2.24) is 9.88 Å². The molecule has 1 aliphatic rings. The largest absolute Gasteiger partial charge is 0.390 e. The Morgan fingerprint density at radius 3 is 2.68 bits per heavy atom. The number of rotatable bonds is 2. The van der Waals surface area contributed by atoms with E-state index < -0.39 is 0 Å². The van der Waals surface area contributed by atoms with E-state index in [0.717, 1.165) is 27.7 Å². The molecule has 1 aliphatic heterocycles. The molecule has 0 amide bonds. The molecule has 19 heavy (non-hydrogen) atoms. The van der Waals surface area contributed by atoms with E-state index in [4.69, 9.17) is 0 Å². The fraction of sp³-hybridized carbons (Fsp3) is 0.400. The highest BCUT2D eigenvalue weighted by atomic mass is 16.3. The number of aliphatic hydroxyl groups excluding tert-OH is 1. The molecular weight excluding hydrogens is 240 g/mol. The molecule has 0 bridgehead atoms. The summed E-state index contributed by atoms with van der Waals surface area (Å²) in [5, 5.41) is 10.1. The Bertz CT molecular complexity index is 684. The average molecular weight is 258 g/mol. The van der Waals surface area contributed by atoms with Crippen LogP contribution in [0.2, 0.25) is 0 Å². The third-order valence-corrected chi connectivity index (χ3v) is 3.79. The Morgan fingerprint density at radius 1 is 1.32 bits per heavy atom. The van der Waals surface area contributed by atoms with Gasteiger partial charge in [-0.2, -0.15) is 0 Å². The number of nitrogens with zero attached hydrogens (tertiary/aromatic N) is 1. The maximum Gasteiger partial charge on any atom is 0.189 e. The molecule has 2 heterocycles. The van der Waals surface area contributed by atoms with Crippen molar-refractivity contribution in [3.05, 3.63) is 45.2 Å². The van der Waals surface area contributed by atoms with Gasteiger partial charge in [0.05, 0.1) is 11.6 Å². The van der Waals surface area contributed by atoms with Crippen LogP contribution in [0.4, 0.5) is 0 Å². The van der Waals surface area contributed by atoms with Crippen LogP contribution in [-0.2, 0) is 6.54 Å². The van der Waals surface area contributed by atoms with Gasteiger partial charge in [-0.1, -0.05) is 12.1 Å². The van der Waals surface area contributed by atoms with Crippen LogP contribution in [-0.4, -0.2) is 34.2 Å². The van der Waals surface area contributed by atoms with Gasteiger partial charge in [0.1, 0.15) is 0 Å². The summed E-state index contributed by atoms with van der Waals surface area (Å²) in [6, 6.07) is 5.70. The van der Waals surface area contributed by atoms with Gasteiger partial charge in [-0.3, -0.25) is 9.69 Å². The van der Waals surface area contributed by atoms with E-state index in [9.17, 15) is 9.90 Å². The minimum Gasteiger partial charge on any atom is -0.390 e. The van der Waals surface area contributed by atoms with E-state index >= 15 is 0 Å². The zero-order valence-corrected chi connectivity index (χ0v) is 11.2. The summed E-state index contributed by atoms with van der Waals surface area (Å²) in [7, 11) is 0. The summed E-state index contributed by atoms with van der Waals surface area (Å²) in [6.07, 6.45) is -0.212. The van der Waals surface area contributed by atoms with Crippen molar-refractivity contribution >= 4 is 10.9 Å². The van der Waals surface area contributed by atoms with Crippen molar-refractivity contribution in [2.24, 2.45) is 0 Å². The monoisotopic (exact) mass is 258 g/mol. The number of likely N-dealkylation sites (tertiary alicyclic amines) is 1. The first-order chi connectivity index (χ1) is 9.04. The third-order valence-electron chi connectivity index (χ3n) is 3.79. The Balaban J connectivity index is 2.04. The smallest absolute Gasteiger partial charge is 0.189 e. The first kappa shape index (κ1) is 12.4. The van der Waals surface area contributed by atoms with E-state index in [1.807, 2.05) is 26.0 Å². The molecule has 0 saturated carbocycles.